The molecule has 1 aliphatic rings. The predicted molar refractivity (Wildman–Crippen MR) is 72.1 cm³/mol. The highest BCUT2D eigenvalue weighted by molar-refractivity contribution is 6.30. The Morgan fingerprint density at radius 1 is 1.26 bits per heavy atom. The van der Waals surface area contributed by atoms with Gasteiger partial charge in [-0.25, -0.2) is 0 Å². The Labute approximate surface area is 117 Å². The van der Waals surface area contributed by atoms with E-state index in [1.165, 1.54) is 0 Å². The van der Waals surface area contributed by atoms with Crippen LogP contribution in [0.1, 0.15) is 24.8 Å². The summed E-state index contributed by atoms with van der Waals surface area (Å²) in [6.07, 6.45) is 2.26. The molecule has 1 aliphatic carbocycles. The van der Waals surface area contributed by atoms with Crippen molar-refractivity contribution in [1.29, 1.82) is 0 Å². The zero-order chi connectivity index (χ0) is 13.8. The maximum Gasteiger partial charge on any atom is 0.305 e. The summed E-state index contributed by atoms with van der Waals surface area (Å²) in [5.74, 6) is -0.879. The summed E-state index contributed by atoms with van der Waals surface area (Å²) in [4.78, 5) is 24.5. The second-order valence-electron chi connectivity index (χ2n) is 4.77. The summed E-state index contributed by atoms with van der Waals surface area (Å²) in [5.41, 5.74) is 0.898. The standard InChI is InChI=1S/C14H16ClNO3/c15-11-3-1-10(2-4-11)9-13(17)16(12-5-6-12)8-7-14(18)19/h1-4,12H,5-9H2,(H,18,19). The van der Waals surface area contributed by atoms with Gasteiger partial charge in [0.15, 0.2) is 0 Å². The summed E-state index contributed by atoms with van der Waals surface area (Å²) < 4.78 is 0. The fraction of sp³-hybridized carbons (Fsp3) is 0.429. The van der Waals surface area contributed by atoms with Crippen molar-refractivity contribution >= 4 is 23.5 Å². The average molecular weight is 282 g/mol. The quantitative estimate of drug-likeness (QED) is 0.871. The Morgan fingerprint density at radius 2 is 1.89 bits per heavy atom. The van der Waals surface area contributed by atoms with E-state index in [0.717, 1.165) is 18.4 Å². The lowest BCUT2D eigenvalue weighted by Gasteiger charge is -2.21. The smallest absolute Gasteiger partial charge is 0.305 e. The van der Waals surface area contributed by atoms with Crippen LogP contribution in [0.15, 0.2) is 24.3 Å². The normalized spacial score (nSPS) is 14.2. The molecule has 5 heteroatoms. The Balaban J connectivity index is 1.95. The minimum absolute atomic E-state index is 0.00284. The van der Waals surface area contributed by atoms with Crippen molar-refractivity contribution < 1.29 is 14.7 Å². The van der Waals surface area contributed by atoms with Crippen LogP contribution in [0.2, 0.25) is 5.02 Å². The number of hydrogen-bond acceptors (Lipinski definition) is 2. The van der Waals surface area contributed by atoms with Gasteiger partial charge in [-0.15, -0.1) is 0 Å². The van der Waals surface area contributed by atoms with Crippen molar-refractivity contribution in [3.05, 3.63) is 34.9 Å². The Hall–Kier alpha value is -1.55. The van der Waals surface area contributed by atoms with Gasteiger partial charge in [0.05, 0.1) is 12.8 Å². The van der Waals surface area contributed by atoms with Crippen LogP contribution in [0.5, 0.6) is 0 Å². The maximum absolute atomic E-state index is 12.2. The molecular formula is C14H16ClNO3. The number of halogens is 1. The van der Waals surface area contributed by atoms with Gasteiger partial charge in [-0.05, 0) is 30.5 Å². The number of aliphatic carboxylic acids is 1. The molecule has 2 rings (SSSR count). The average Bonchev–Trinajstić information content (AvgIpc) is 3.16. The van der Waals surface area contributed by atoms with Gasteiger partial charge in [-0.2, -0.15) is 0 Å². The minimum Gasteiger partial charge on any atom is -0.481 e. The van der Waals surface area contributed by atoms with E-state index < -0.39 is 5.97 Å². The molecule has 4 nitrogen and oxygen atoms in total. The number of carboxylic acids is 1. The predicted octanol–water partition coefficient (Wildman–Crippen LogP) is 2.35. The Bertz CT molecular complexity index is 468. The van der Waals surface area contributed by atoms with Crippen LogP contribution in [0, 0.1) is 0 Å². The van der Waals surface area contributed by atoms with Crippen LogP contribution >= 0.6 is 11.6 Å². The molecule has 0 aromatic heterocycles. The van der Waals surface area contributed by atoms with Crippen LogP contribution in [0.3, 0.4) is 0 Å². The number of carbonyl (C=O) groups is 2. The lowest BCUT2D eigenvalue weighted by molar-refractivity contribution is -0.138. The van der Waals surface area contributed by atoms with Gasteiger partial charge in [0.2, 0.25) is 5.91 Å². The second-order valence-corrected chi connectivity index (χ2v) is 5.20. The number of carbonyl (C=O) groups excluding carboxylic acids is 1. The van der Waals surface area contributed by atoms with Crippen molar-refractivity contribution in [2.24, 2.45) is 0 Å². The highest BCUT2D eigenvalue weighted by atomic mass is 35.5. The summed E-state index contributed by atoms with van der Waals surface area (Å²) in [6.45, 7) is 0.298. The third kappa shape index (κ3) is 4.24. The van der Waals surface area contributed by atoms with Gasteiger partial charge in [0.1, 0.15) is 0 Å². The molecule has 0 aliphatic heterocycles. The van der Waals surface area contributed by atoms with Gasteiger partial charge in [-0.3, -0.25) is 9.59 Å². The first-order chi connectivity index (χ1) is 9.06. The largest absolute Gasteiger partial charge is 0.481 e. The lowest BCUT2D eigenvalue weighted by Crippen LogP contribution is -2.36. The number of benzene rings is 1. The summed E-state index contributed by atoms with van der Waals surface area (Å²) in [6, 6.07) is 7.38. The Morgan fingerprint density at radius 3 is 2.42 bits per heavy atom. The van der Waals surface area contributed by atoms with Crippen molar-refractivity contribution in [2.45, 2.75) is 31.7 Å². The SMILES string of the molecule is O=C(O)CCN(C(=O)Cc1ccc(Cl)cc1)C1CC1. The molecule has 1 saturated carbocycles. The van der Waals surface area contributed by atoms with E-state index in [0.29, 0.717) is 18.0 Å². The van der Waals surface area contributed by atoms with Crippen molar-refractivity contribution in [3.8, 4) is 0 Å². The van der Waals surface area contributed by atoms with E-state index in [9.17, 15) is 9.59 Å². The molecule has 1 aromatic rings. The molecule has 1 amide bonds. The van der Waals surface area contributed by atoms with E-state index in [1.807, 2.05) is 12.1 Å². The highest BCUT2D eigenvalue weighted by Gasteiger charge is 2.32. The Kier molecular flexibility index (Phi) is 4.43. The van der Waals surface area contributed by atoms with Gasteiger partial charge in [0, 0.05) is 17.6 Å². The number of amides is 1. The van der Waals surface area contributed by atoms with Crippen molar-refractivity contribution in [2.75, 3.05) is 6.54 Å². The first-order valence-electron chi connectivity index (χ1n) is 6.32. The maximum atomic E-state index is 12.2. The number of rotatable bonds is 6. The first kappa shape index (κ1) is 13.9. The number of nitrogens with zero attached hydrogens (tertiary/aromatic N) is 1. The van der Waals surface area contributed by atoms with E-state index in [1.54, 1.807) is 17.0 Å². The van der Waals surface area contributed by atoms with E-state index in [4.69, 9.17) is 16.7 Å². The molecule has 1 N–H and O–H groups in total. The monoisotopic (exact) mass is 281 g/mol. The molecule has 19 heavy (non-hydrogen) atoms. The molecular weight excluding hydrogens is 266 g/mol. The van der Waals surface area contributed by atoms with Crippen LogP contribution in [-0.2, 0) is 16.0 Å². The molecule has 0 unspecified atom stereocenters. The van der Waals surface area contributed by atoms with E-state index in [2.05, 4.69) is 0 Å². The molecule has 0 atom stereocenters. The van der Waals surface area contributed by atoms with Gasteiger partial charge in [0.25, 0.3) is 0 Å². The van der Waals surface area contributed by atoms with E-state index in [-0.39, 0.29) is 18.4 Å². The van der Waals surface area contributed by atoms with Gasteiger partial charge < -0.3 is 10.0 Å². The molecule has 102 valence electrons. The minimum atomic E-state index is -0.870. The zero-order valence-corrected chi connectivity index (χ0v) is 11.3. The molecule has 0 spiro atoms. The lowest BCUT2D eigenvalue weighted by atomic mass is 10.1. The zero-order valence-electron chi connectivity index (χ0n) is 10.5. The van der Waals surface area contributed by atoms with Crippen molar-refractivity contribution in [3.63, 3.8) is 0 Å². The highest BCUT2D eigenvalue weighted by Crippen LogP contribution is 2.27. The second kappa shape index (κ2) is 6.06. The summed E-state index contributed by atoms with van der Waals surface area (Å²) >= 11 is 5.80. The van der Waals surface area contributed by atoms with Crippen molar-refractivity contribution in [1.82, 2.24) is 4.90 Å². The van der Waals surface area contributed by atoms with Crippen LogP contribution in [0.4, 0.5) is 0 Å². The molecule has 0 bridgehead atoms. The van der Waals surface area contributed by atoms with E-state index >= 15 is 0 Å². The van der Waals surface area contributed by atoms with Crippen LogP contribution < -0.4 is 0 Å². The van der Waals surface area contributed by atoms with Crippen LogP contribution in [0.25, 0.3) is 0 Å². The van der Waals surface area contributed by atoms with Gasteiger partial charge >= 0.3 is 5.97 Å². The molecule has 1 aromatic carbocycles. The summed E-state index contributed by atoms with van der Waals surface area (Å²) in [5, 5.41) is 9.35. The third-order valence-electron chi connectivity index (χ3n) is 3.14. The first-order valence-corrected chi connectivity index (χ1v) is 6.70. The number of carboxylic acid groups (broad SMARTS) is 1. The number of hydrogen-bond donors (Lipinski definition) is 1. The molecule has 0 saturated heterocycles. The molecule has 1 fully saturated rings. The van der Waals surface area contributed by atoms with Gasteiger partial charge in [-0.1, -0.05) is 23.7 Å². The fourth-order valence-electron chi connectivity index (χ4n) is 1.99. The fourth-order valence-corrected chi connectivity index (χ4v) is 2.12. The topological polar surface area (TPSA) is 57.6 Å². The molecule has 0 radical (unpaired) electrons. The third-order valence-corrected chi connectivity index (χ3v) is 3.40. The molecule has 0 heterocycles. The summed E-state index contributed by atoms with van der Waals surface area (Å²) in [7, 11) is 0. The van der Waals surface area contributed by atoms with Crippen LogP contribution in [-0.4, -0.2) is 34.5 Å².